The molecule has 3 nitrogen and oxygen atoms in total. The van der Waals surface area contributed by atoms with Gasteiger partial charge in [-0.25, -0.2) is 0 Å². The second kappa shape index (κ2) is 5.57. The van der Waals surface area contributed by atoms with Crippen LogP contribution in [0.15, 0.2) is 42.5 Å². The summed E-state index contributed by atoms with van der Waals surface area (Å²) < 4.78 is 10.6. The molecule has 0 bridgehead atoms. The molecule has 0 amide bonds. The molecular weight excluding hydrogens is 240 g/mol. The molecule has 0 spiro atoms. The summed E-state index contributed by atoms with van der Waals surface area (Å²) >= 11 is 0. The van der Waals surface area contributed by atoms with Crippen molar-refractivity contribution in [1.29, 1.82) is 0 Å². The van der Waals surface area contributed by atoms with Gasteiger partial charge in [0, 0.05) is 5.56 Å². The molecule has 0 radical (unpaired) electrons. The van der Waals surface area contributed by atoms with Gasteiger partial charge >= 0.3 is 0 Å². The first kappa shape index (κ1) is 13.1. The van der Waals surface area contributed by atoms with E-state index in [-0.39, 0.29) is 5.78 Å². The number of aryl methyl sites for hydroxylation is 1. The van der Waals surface area contributed by atoms with Gasteiger partial charge < -0.3 is 9.47 Å². The highest BCUT2D eigenvalue weighted by atomic mass is 16.5. The minimum Gasteiger partial charge on any atom is -0.496 e. The van der Waals surface area contributed by atoms with Crippen molar-refractivity contribution in [2.24, 2.45) is 0 Å². The standard InChI is InChI=1S/C16H16O3/c1-11-9-10-13(18-2)14(16(11)19-3)15(17)12-7-5-4-6-8-12/h4-10H,1-3H3. The van der Waals surface area contributed by atoms with Crippen molar-refractivity contribution in [3.63, 3.8) is 0 Å². The van der Waals surface area contributed by atoms with E-state index in [1.165, 1.54) is 0 Å². The van der Waals surface area contributed by atoms with Crippen LogP contribution in [-0.2, 0) is 0 Å². The van der Waals surface area contributed by atoms with Gasteiger partial charge in [-0.2, -0.15) is 0 Å². The Bertz CT molecular complexity index is 588. The number of methoxy groups -OCH3 is 2. The average molecular weight is 256 g/mol. The van der Waals surface area contributed by atoms with Gasteiger partial charge in [-0.05, 0) is 18.6 Å². The molecule has 2 rings (SSSR count). The molecule has 0 saturated heterocycles. The summed E-state index contributed by atoms with van der Waals surface area (Å²) in [7, 11) is 3.11. The van der Waals surface area contributed by atoms with E-state index in [0.717, 1.165) is 5.56 Å². The molecule has 0 aliphatic heterocycles. The molecule has 0 aromatic heterocycles. The fourth-order valence-corrected chi connectivity index (χ4v) is 2.05. The SMILES string of the molecule is COc1ccc(C)c(OC)c1C(=O)c1ccccc1. The zero-order chi connectivity index (χ0) is 13.8. The van der Waals surface area contributed by atoms with E-state index in [0.29, 0.717) is 22.6 Å². The van der Waals surface area contributed by atoms with Gasteiger partial charge in [-0.3, -0.25) is 4.79 Å². The number of carbonyl (C=O) groups excluding carboxylic acids is 1. The Kier molecular flexibility index (Phi) is 3.85. The molecular formula is C16H16O3. The Morgan fingerprint density at radius 3 is 2.21 bits per heavy atom. The summed E-state index contributed by atoms with van der Waals surface area (Å²) in [5, 5.41) is 0. The highest BCUT2D eigenvalue weighted by Crippen LogP contribution is 2.33. The minimum absolute atomic E-state index is 0.0991. The van der Waals surface area contributed by atoms with Crippen LogP contribution < -0.4 is 9.47 Å². The molecule has 2 aromatic rings. The van der Waals surface area contributed by atoms with Crippen LogP contribution >= 0.6 is 0 Å². The zero-order valence-corrected chi connectivity index (χ0v) is 11.3. The number of carbonyl (C=O) groups is 1. The van der Waals surface area contributed by atoms with Crippen LogP contribution in [-0.4, -0.2) is 20.0 Å². The van der Waals surface area contributed by atoms with Gasteiger partial charge in [0.1, 0.15) is 17.1 Å². The van der Waals surface area contributed by atoms with Crippen molar-refractivity contribution in [3.8, 4) is 11.5 Å². The lowest BCUT2D eigenvalue weighted by Gasteiger charge is -2.14. The highest BCUT2D eigenvalue weighted by molar-refractivity contribution is 6.12. The molecule has 19 heavy (non-hydrogen) atoms. The van der Waals surface area contributed by atoms with Crippen LogP contribution in [0.5, 0.6) is 11.5 Å². The van der Waals surface area contributed by atoms with Crippen molar-refractivity contribution in [2.45, 2.75) is 6.92 Å². The van der Waals surface area contributed by atoms with Gasteiger partial charge in [0.25, 0.3) is 0 Å². The first-order valence-corrected chi connectivity index (χ1v) is 6.00. The van der Waals surface area contributed by atoms with Crippen LogP contribution in [0.1, 0.15) is 21.5 Å². The van der Waals surface area contributed by atoms with Gasteiger partial charge in [-0.15, -0.1) is 0 Å². The monoisotopic (exact) mass is 256 g/mol. The first-order chi connectivity index (χ1) is 9.19. The number of ketones is 1. The lowest BCUT2D eigenvalue weighted by atomic mass is 9.99. The fraction of sp³-hybridized carbons (Fsp3) is 0.188. The Hall–Kier alpha value is -2.29. The summed E-state index contributed by atoms with van der Waals surface area (Å²) in [5.74, 6) is 0.988. The fourth-order valence-electron chi connectivity index (χ4n) is 2.05. The maximum atomic E-state index is 12.6. The summed E-state index contributed by atoms with van der Waals surface area (Å²) in [6.45, 7) is 1.90. The smallest absolute Gasteiger partial charge is 0.200 e. The summed E-state index contributed by atoms with van der Waals surface area (Å²) in [6, 6.07) is 12.8. The molecule has 2 aromatic carbocycles. The van der Waals surface area contributed by atoms with Crippen molar-refractivity contribution >= 4 is 5.78 Å². The molecule has 0 aliphatic rings. The van der Waals surface area contributed by atoms with E-state index in [2.05, 4.69) is 0 Å². The van der Waals surface area contributed by atoms with Gasteiger partial charge in [0.15, 0.2) is 0 Å². The van der Waals surface area contributed by atoms with E-state index in [1.807, 2.05) is 31.2 Å². The van der Waals surface area contributed by atoms with Crippen LogP contribution in [0, 0.1) is 6.92 Å². The van der Waals surface area contributed by atoms with Gasteiger partial charge in [0.2, 0.25) is 5.78 Å². The molecule has 0 saturated carbocycles. The Morgan fingerprint density at radius 2 is 1.63 bits per heavy atom. The predicted molar refractivity (Wildman–Crippen MR) is 74.2 cm³/mol. The molecule has 0 atom stereocenters. The normalized spacial score (nSPS) is 10.1. The topological polar surface area (TPSA) is 35.5 Å². The number of benzene rings is 2. The number of rotatable bonds is 4. The maximum Gasteiger partial charge on any atom is 0.200 e. The van der Waals surface area contributed by atoms with E-state index >= 15 is 0 Å². The van der Waals surface area contributed by atoms with E-state index in [1.54, 1.807) is 32.4 Å². The molecule has 0 aliphatic carbocycles. The lowest BCUT2D eigenvalue weighted by Crippen LogP contribution is -2.07. The molecule has 98 valence electrons. The van der Waals surface area contributed by atoms with Crippen molar-refractivity contribution < 1.29 is 14.3 Å². The maximum absolute atomic E-state index is 12.6. The molecule has 0 unspecified atom stereocenters. The largest absolute Gasteiger partial charge is 0.496 e. The molecule has 0 heterocycles. The number of ether oxygens (including phenoxy) is 2. The molecule has 0 fully saturated rings. The van der Waals surface area contributed by atoms with E-state index in [9.17, 15) is 4.79 Å². The third-order valence-corrected chi connectivity index (χ3v) is 3.00. The Balaban J connectivity index is 2.60. The summed E-state index contributed by atoms with van der Waals surface area (Å²) in [6.07, 6.45) is 0. The third kappa shape index (κ3) is 2.45. The van der Waals surface area contributed by atoms with Crippen molar-refractivity contribution in [3.05, 3.63) is 59.2 Å². The van der Waals surface area contributed by atoms with Crippen molar-refractivity contribution in [2.75, 3.05) is 14.2 Å². The molecule has 3 heteroatoms. The van der Waals surface area contributed by atoms with Crippen LogP contribution in [0.4, 0.5) is 0 Å². The Labute approximate surface area is 112 Å². The van der Waals surface area contributed by atoms with E-state index < -0.39 is 0 Å². The quantitative estimate of drug-likeness (QED) is 0.788. The average Bonchev–Trinajstić information content (AvgIpc) is 2.47. The summed E-state index contributed by atoms with van der Waals surface area (Å²) in [5.41, 5.74) is 1.99. The second-order valence-corrected chi connectivity index (χ2v) is 4.19. The third-order valence-electron chi connectivity index (χ3n) is 3.00. The lowest BCUT2D eigenvalue weighted by molar-refractivity contribution is 0.103. The Morgan fingerprint density at radius 1 is 0.947 bits per heavy atom. The van der Waals surface area contributed by atoms with Crippen molar-refractivity contribution in [1.82, 2.24) is 0 Å². The van der Waals surface area contributed by atoms with Gasteiger partial charge in [0.05, 0.1) is 14.2 Å². The second-order valence-electron chi connectivity index (χ2n) is 4.19. The van der Waals surface area contributed by atoms with Gasteiger partial charge in [-0.1, -0.05) is 36.4 Å². The number of hydrogen-bond donors (Lipinski definition) is 0. The molecule has 0 N–H and O–H groups in total. The van der Waals surface area contributed by atoms with Crippen LogP contribution in [0.3, 0.4) is 0 Å². The van der Waals surface area contributed by atoms with Crippen LogP contribution in [0.25, 0.3) is 0 Å². The number of hydrogen-bond acceptors (Lipinski definition) is 3. The minimum atomic E-state index is -0.0991. The highest BCUT2D eigenvalue weighted by Gasteiger charge is 2.21. The predicted octanol–water partition coefficient (Wildman–Crippen LogP) is 3.24. The first-order valence-electron chi connectivity index (χ1n) is 6.00. The van der Waals surface area contributed by atoms with E-state index in [4.69, 9.17) is 9.47 Å². The zero-order valence-electron chi connectivity index (χ0n) is 11.3. The summed E-state index contributed by atoms with van der Waals surface area (Å²) in [4.78, 5) is 12.6. The van der Waals surface area contributed by atoms with Crippen LogP contribution in [0.2, 0.25) is 0 Å².